The van der Waals surface area contributed by atoms with Crippen molar-refractivity contribution >= 4 is 11.6 Å². The first kappa shape index (κ1) is 18.0. The van der Waals surface area contributed by atoms with Gasteiger partial charge in [0.25, 0.3) is 0 Å². The molecule has 0 unspecified atom stereocenters. The summed E-state index contributed by atoms with van der Waals surface area (Å²) in [4.78, 5) is 17.3. The molecule has 4 nitrogen and oxygen atoms in total. The van der Waals surface area contributed by atoms with Gasteiger partial charge in [-0.05, 0) is 68.4 Å². The van der Waals surface area contributed by atoms with Gasteiger partial charge in [-0.15, -0.1) is 0 Å². The minimum Gasteiger partial charge on any atom is -0.355 e. The molecule has 7 heteroatoms. The van der Waals surface area contributed by atoms with Crippen molar-refractivity contribution in [3.8, 4) is 0 Å². The normalized spacial score (nSPS) is 31.5. The SMILES string of the molecule is O=C(NCCc1cn2cc(C(F)(F)F)ccc2n1)C12CC3CC(CC(C3)C1)C2. The number of nitrogens with zero attached hydrogens (tertiary/aromatic N) is 2. The Morgan fingerprint density at radius 1 is 1.11 bits per heavy atom. The Labute approximate surface area is 161 Å². The molecule has 0 aromatic carbocycles. The van der Waals surface area contributed by atoms with Gasteiger partial charge in [0.1, 0.15) is 5.65 Å². The second kappa shape index (κ2) is 6.22. The van der Waals surface area contributed by atoms with Gasteiger partial charge in [-0.1, -0.05) is 0 Å². The van der Waals surface area contributed by atoms with E-state index in [0.29, 0.717) is 24.3 Å². The molecule has 4 saturated carbocycles. The lowest BCUT2D eigenvalue weighted by Gasteiger charge is -2.55. The second-order valence-corrected chi connectivity index (χ2v) is 9.12. The van der Waals surface area contributed by atoms with Gasteiger partial charge >= 0.3 is 6.18 Å². The average molecular weight is 391 g/mol. The lowest BCUT2D eigenvalue weighted by Crippen LogP contribution is -2.53. The highest BCUT2D eigenvalue weighted by Crippen LogP contribution is 2.60. The Morgan fingerprint density at radius 3 is 2.36 bits per heavy atom. The average Bonchev–Trinajstić information content (AvgIpc) is 3.01. The zero-order valence-electron chi connectivity index (χ0n) is 15.6. The van der Waals surface area contributed by atoms with Gasteiger partial charge < -0.3 is 9.72 Å². The van der Waals surface area contributed by atoms with Crippen molar-refractivity contribution in [3.63, 3.8) is 0 Å². The van der Waals surface area contributed by atoms with Crippen LogP contribution in [-0.2, 0) is 17.4 Å². The van der Waals surface area contributed by atoms with Crippen molar-refractivity contribution in [1.82, 2.24) is 14.7 Å². The summed E-state index contributed by atoms with van der Waals surface area (Å²) in [7, 11) is 0. The molecule has 0 radical (unpaired) electrons. The number of hydrogen-bond donors (Lipinski definition) is 1. The molecule has 0 aliphatic heterocycles. The molecule has 1 amide bonds. The number of imidazole rings is 1. The van der Waals surface area contributed by atoms with Gasteiger partial charge in [0.05, 0.1) is 11.3 Å². The first-order valence-electron chi connectivity index (χ1n) is 10.1. The summed E-state index contributed by atoms with van der Waals surface area (Å²) in [5.74, 6) is 2.34. The zero-order valence-corrected chi connectivity index (χ0v) is 15.6. The summed E-state index contributed by atoms with van der Waals surface area (Å²) < 4.78 is 39.9. The molecule has 6 rings (SSSR count). The molecule has 28 heavy (non-hydrogen) atoms. The van der Waals surface area contributed by atoms with Gasteiger partial charge in [0.2, 0.25) is 5.91 Å². The molecule has 150 valence electrons. The molecule has 2 aromatic rings. The summed E-state index contributed by atoms with van der Waals surface area (Å²) in [6, 6.07) is 2.42. The van der Waals surface area contributed by atoms with Crippen molar-refractivity contribution in [3.05, 3.63) is 35.8 Å². The predicted octanol–water partition coefficient (Wildman–Crippen LogP) is 4.23. The van der Waals surface area contributed by atoms with Crippen LogP contribution in [0.4, 0.5) is 13.2 Å². The van der Waals surface area contributed by atoms with Crippen molar-refractivity contribution in [2.45, 2.75) is 51.1 Å². The summed E-state index contributed by atoms with van der Waals surface area (Å²) in [5.41, 5.74) is 0.301. The summed E-state index contributed by atoms with van der Waals surface area (Å²) >= 11 is 0. The van der Waals surface area contributed by atoms with Crippen molar-refractivity contribution in [1.29, 1.82) is 0 Å². The van der Waals surface area contributed by atoms with Gasteiger partial charge in [-0.3, -0.25) is 4.79 Å². The van der Waals surface area contributed by atoms with E-state index in [-0.39, 0.29) is 11.3 Å². The maximum atomic E-state index is 13.0. The van der Waals surface area contributed by atoms with E-state index >= 15 is 0 Å². The number of carbonyl (C=O) groups excluding carboxylic acids is 1. The molecule has 1 N–H and O–H groups in total. The molecule has 4 fully saturated rings. The molecular weight excluding hydrogens is 367 g/mol. The lowest BCUT2D eigenvalue weighted by atomic mass is 9.49. The summed E-state index contributed by atoms with van der Waals surface area (Å²) in [5, 5.41) is 3.10. The standard InChI is InChI=1S/C21H24F3N3O/c22-21(23,24)16-1-2-18-26-17(12-27(18)11-16)3-4-25-19(28)20-8-13-5-14(9-20)7-15(6-13)10-20/h1-2,11-15H,3-10H2,(H,25,28). The number of fused-ring (bicyclic) bond motifs is 1. The first-order chi connectivity index (χ1) is 13.3. The largest absolute Gasteiger partial charge is 0.417 e. The Balaban J connectivity index is 1.23. The van der Waals surface area contributed by atoms with E-state index in [4.69, 9.17) is 0 Å². The number of alkyl halides is 3. The number of aromatic nitrogens is 2. The van der Waals surface area contributed by atoms with Gasteiger partial charge in [-0.2, -0.15) is 13.2 Å². The molecule has 2 heterocycles. The molecular formula is C21H24F3N3O. The van der Waals surface area contributed by atoms with Crippen LogP contribution >= 0.6 is 0 Å². The van der Waals surface area contributed by atoms with E-state index in [2.05, 4.69) is 10.3 Å². The lowest BCUT2D eigenvalue weighted by molar-refractivity contribution is -0.146. The number of halogens is 3. The molecule has 4 bridgehead atoms. The highest BCUT2D eigenvalue weighted by Gasteiger charge is 2.54. The van der Waals surface area contributed by atoms with Crippen molar-refractivity contribution < 1.29 is 18.0 Å². The molecule has 4 aliphatic rings. The zero-order chi connectivity index (χ0) is 19.5. The monoisotopic (exact) mass is 391 g/mol. The summed E-state index contributed by atoms with van der Waals surface area (Å²) in [6.45, 7) is 0.469. The Bertz CT molecular complexity index is 882. The van der Waals surface area contributed by atoms with Crippen LogP contribution in [0.3, 0.4) is 0 Å². The Hall–Kier alpha value is -2.05. The number of hydrogen-bond acceptors (Lipinski definition) is 2. The topological polar surface area (TPSA) is 46.4 Å². The quantitative estimate of drug-likeness (QED) is 0.848. The molecule has 0 atom stereocenters. The Morgan fingerprint density at radius 2 is 1.75 bits per heavy atom. The number of carbonyl (C=O) groups is 1. The van der Waals surface area contributed by atoms with Gasteiger partial charge in [0.15, 0.2) is 0 Å². The van der Waals surface area contributed by atoms with Gasteiger partial charge in [0, 0.05) is 30.8 Å². The third kappa shape index (κ3) is 3.08. The third-order valence-corrected chi connectivity index (χ3v) is 7.01. The highest BCUT2D eigenvalue weighted by atomic mass is 19.4. The minimum atomic E-state index is -4.37. The predicted molar refractivity (Wildman–Crippen MR) is 97.5 cm³/mol. The fourth-order valence-corrected chi connectivity index (χ4v) is 6.21. The molecule has 2 aromatic heterocycles. The second-order valence-electron chi connectivity index (χ2n) is 9.12. The van der Waals surface area contributed by atoms with E-state index < -0.39 is 11.7 Å². The minimum absolute atomic E-state index is 0.171. The number of pyridine rings is 1. The number of nitrogens with one attached hydrogen (secondary N) is 1. The van der Waals surface area contributed by atoms with E-state index in [0.717, 1.165) is 49.3 Å². The van der Waals surface area contributed by atoms with Crippen LogP contribution in [0.15, 0.2) is 24.5 Å². The first-order valence-corrected chi connectivity index (χ1v) is 10.1. The number of rotatable bonds is 4. The van der Waals surface area contributed by atoms with E-state index in [9.17, 15) is 18.0 Å². The molecule has 4 aliphatic carbocycles. The van der Waals surface area contributed by atoms with Crippen LogP contribution in [0, 0.1) is 23.2 Å². The van der Waals surface area contributed by atoms with Crippen LogP contribution < -0.4 is 5.32 Å². The smallest absolute Gasteiger partial charge is 0.355 e. The van der Waals surface area contributed by atoms with E-state index in [1.165, 1.54) is 29.7 Å². The fraction of sp³-hybridized carbons (Fsp3) is 0.619. The van der Waals surface area contributed by atoms with Crippen molar-refractivity contribution in [2.75, 3.05) is 6.54 Å². The Kier molecular flexibility index (Phi) is 4.00. The number of amides is 1. The van der Waals surface area contributed by atoms with Crippen LogP contribution in [-0.4, -0.2) is 21.8 Å². The van der Waals surface area contributed by atoms with Crippen LogP contribution in [0.25, 0.3) is 5.65 Å². The fourth-order valence-electron chi connectivity index (χ4n) is 6.21. The van der Waals surface area contributed by atoms with Crippen LogP contribution in [0.2, 0.25) is 0 Å². The van der Waals surface area contributed by atoms with Crippen LogP contribution in [0.1, 0.15) is 49.8 Å². The third-order valence-electron chi connectivity index (χ3n) is 7.01. The van der Waals surface area contributed by atoms with Crippen molar-refractivity contribution in [2.24, 2.45) is 23.2 Å². The van der Waals surface area contributed by atoms with E-state index in [1.807, 2.05) is 0 Å². The molecule has 0 spiro atoms. The maximum absolute atomic E-state index is 13.0. The maximum Gasteiger partial charge on any atom is 0.417 e. The van der Waals surface area contributed by atoms with E-state index in [1.54, 1.807) is 6.20 Å². The summed E-state index contributed by atoms with van der Waals surface area (Å²) in [6.07, 6.45) is 5.79. The highest BCUT2D eigenvalue weighted by molar-refractivity contribution is 5.83. The van der Waals surface area contributed by atoms with Gasteiger partial charge in [-0.25, -0.2) is 4.98 Å². The van der Waals surface area contributed by atoms with Crippen LogP contribution in [0.5, 0.6) is 0 Å². The molecule has 0 saturated heterocycles.